The molecule has 1 aromatic heterocycles. The number of aromatic amines is 1. The number of rotatable bonds is 8. The average Bonchev–Trinajstić information content (AvgIpc) is 2.73. The van der Waals surface area contributed by atoms with E-state index >= 15 is 0 Å². The summed E-state index contributed by atoms with van der Waals surface area (Å²) in [6.07, 6.45) is 0. The number of anilines is 1. The highest BCUT2D eigenvalue weighted by molar-refractivity contribution is 7.99. The molecular weight excluding hydrogens is 244 g/mol. The van der Waals surface area contributed by atoms with E-state index in [0.717, 1.165) is 5.75 Å². The van der Waals surface area contributed by atoms with Crippen molar-refractivity contribution in [2.24, 2.45) is 0 Å². The van der Waals surface area contributed by atoms with Crippen LogP contribution in [-0.4, -0.2) is 53.8 Å². The number of ether oxygens (including phenoxy) is 2. The van der Waals surface area contributed by atoms with Crippen LogP contribution in [0.5, 0.6) is 0 Å². The highest BCUT2D eigenvalue weighted by atomic mass is 32.2. The summed E-state index contributed by atoms with van der Waals surface area (Å²) in [6.45, 7) is 2.83. The van der Waals surface area contributed by atoms with Crippen LogP contribution < -0.4 is 5.32 Å². The molecule has 0 unspecified atom stereocenters. The van der Waals surface area contributed by atoms with Crippen LogP contribution in [0.25, 0.3) is 0 Å². The van der Waals surface area contributed by atoms with E-state index < -0.39 is 0 Å². The predicted molar refractivity (Wildman–Crippen MR) is 64.1 cm³/mol. The minimum Gasteiger partial charge on any atom is -0.382 e. The smallest absolute Gasteiger partial charge is 0.252 e. The second-order valence-electron chi connectivity index (χ2n) is 2.99. The maximum Gasteiger partial charge on any atom is 0.252 e. The van der Waals surface area contributed by atoms with Crippen molar-refractivity contribution < 1.29 is 14.3 Å². The van der Waals surface area contributed by atoms with Gasteiger partial charge in [-0.25, -0.2) is 5.10 Å². The molecule has 0 atom stereocenters. The van der Waals surface area contributed by atoms with Gasteiger partial charge in [0, 0.05) is 7.11 Å². The highest BCUT2D eigenvalue weighted by Crippen LogP contribution is 2.12. The molecule has 0 aliphatic rings. The Morgan fingerprint density at radius 3 is 3.06 bits per heavy atom. The molecule has 1 rings (SSSR count). The number of hydrogen-bond acceptors (Lipinski definition) is 6. The van der Waals surface area contributed by atoms with Crippen molar-refractivity contribution >= 4 is 23.6 Å². The Morgan fingerprint density at radius 2 is 2.35 bits per heavy atom. The Hall–Kier alpha value is -1.12. The number of nitrogens with one attached hydrogen (secondary N) is 2. The molecule has 0 spiro atoms. The van der Waals surface area contributed by atoms with Crippen LogP contribution >= 0.6 is 11.8 Å². The Balaban J connectivity index is 2.24. The van der Waals surface area contributed by atoms with Gasteiger partial charge in [0.05, 0.1) is 13.2 Å². The summed E-state index contributed by atoms with van der Waals surface area (Å²) < 4.78 is 9.84. The molecule has 8 heteroatoms. The summed E-state index contributed by atoms with van der Waals surface area (Å²) >= 11 is 1.50. The minimum absolute atomic E-state index is 0.0275. The van der Waals surface area contributed by atoms with E-state index in [1.165, 1.54) is 11.8 Å². The maximum absolute atomic E-state index is 11.4. The Bertz CT molecular complexity index is 345. The van der Waals surface area contributed by atoms with Crippen LogP contribution in [-0.2, 0) is 14.3 Å². The zero-order chi connectivity index (χ0) is 12.5. The Kier molecular flexibility index (Phi) is 6.60. The van der Waals surface area contributed by atoms with Crippen LogP contribution in [0.15, 0.2) is 5.16 Å². The molecule has 17 heavy (non-hydrogen) atoms. The fourth-order valence-corrected chi connectivity index (χ4v) is 1.50. The fraction of sp³-hybridized carbons (Fsp3) is 0.667. The average molecular weight is 260 g/mol. The molecule has 0 saturated heterocycles. The van der Waals surface area contributed by atoms with Gasteiger partial charge in [-0.3, -0.25) is 10.1 Å². The van der Waals surface area contributed by atoms with Gasteiger partial charge < -0.3 is 9.47 Å². The number of methoxy groups -OCH3 is 1. The summed E-state index contributed by atoms with van der Waals surface area (Å²) in [4.78, 5) is 15.4. The fourth-order valence-electron chi connectivity index (χ4n) is 0.971. The minimum atomic E-state index is -0.273. The quantitative estimate of drug-likeness (QED) is 0.523. The van der Waals surface area contributed by atoms with Gasteiger partial charge in [0.25, 0.3) is 5.91 Å². The molecule has 0 saturated carbocycles. The lowest BCUT2D eigenvalue weighted by Crippen LogP contribution is -2.20. The first kappa shape index (κ1) is 13.9. The van der Waals surface area contributed by atoms with Gasteiger partial charge in [-0.05, 0) is 5.75 Å². The second kappa shape index (κ2) is 8.04. The van der Waals surface area contributed by atoms with E-state index in [1.54, 1.807) is 7.11 Å². The molecule has 0 aliphatic carbocycles. The number of carbonyl (C=O) groups is 1. The molecular formula is C9H16N4O3S. The first-order valence-electron chi connectivity index (χ1n) is 5.18. The van der Waals surface area contributed by atoms with Crippen LogP contribution in [0.3, 0.4) is 0 Å². The van der Waals surface area contributed by atoms with Crippen molar-refractivity contribution in [2.75, 3.05) is 38.0 Å². The normalized spacial score (nSPS) is 10.5. The number of thioether (sulfide) groups is 1. The van der Waals surface area contributed by atoms with Gasteiger partial charge in [0.15, 0.2) is 0 Å². The van der Waals surface area contributed by atoms with E-state index in [-0.39, 0.29) is 12.5 Å². The standard InChI is InChI=1S/C9H16N4O3S/c1-3-17-9-11-8(12-13-9)10-7(14)6-16-5-4-15-2/h3-6H2,1-2H3,(H2,10,11,12,13,14). The number of carbonyl (C=O) groups excluding carboxylic acids is 1. The molecule has 0 aliphatic heterocycles. The molecule has 0 fully saturated rings. The number of hydrogen-bond donors (Lipinski definition) is 2. The lowest BCUT2D eigenvalue weighted by molar-refractivity contribution is -0.121. The van der Waals surface area contributed by atoms with Gasteiger partial charge in [0.1, 0.15) is 6.61 Å². The molecule has 7 nitrogen and oxygen atoms in total. The third-order valence-electron chi connectivity index (χ3n) is 1.66. The van der Waals surface area contributed by atoms with Gasteiger partial charge in [-0.2, -0.15) is 4.98 Å². The largest absolute Gasteiger partial charge is 0.382 e. The van der Waals surface area contributed by atoms with Crippen molar-refractivity contribution in [1.29, 1.82) is 0 Å². The van der Waals surface area contributed by atoms with Crippen LogP contribution in [0, 0.1) is 0 Å². The third kappa shape index (κ3) is 5.66. The molecule has 1 heterocycles. The molecule has 96 valence electrons. The molecule has 1 amide bonds. The lowest BCUT2D eigenvalue weighted by atomic mass is 10.6. The van der Waals surface area contributed by atoms with Gasteiger partial charge in [-0.1, -0.05) is 18.7 Å². The number of amides is 1. The van der Waals surface area contributed by atoms with Crippen molar-refractivity contribution in [3.05, 3.63) is 0 Å². The summed E-state index contributed by atoms with van der Waals surface area (Å²) in [5.74, 6) is 0.942. The molecule has 0 aromatic carbocycles. The highest BCUT2D eigenvalue weighted by Gasteiger charge is 2.07. The zero-order valence-corrected chi connectivity index (χ0v) is 10.7. The summed E-state index contributed by atoms with van der Waals surface area (Å²) in [5, 5.41) is 9.71. The van der Waals surface area contributed by atoms with Crippen molar-refractivity contribution in [3.63, 3.8) is 0 Å². The van der Waals surface area contributed by atoms with E-state index in [1.807, 2.05) is 6.92 Å². The topological polar surface area (TPSA) is 89.1 Å². The van der Waals surface area contributed by atoms with Crippen molar-refractivity contribution in [1.82, 2.24) is 15.2 Å². The van der Waals surface area contributed by atoms with Crippen LogP contribution in [0.4, 0.5) is 5.95 Å². The number of aromatic nitrogens is 3. The van der Waals surface area contributed by atoms with E-state index in [2.05, 4.69) is 20.5 Å². The van der Waals surface area contributed by atoms with Crippen molar-refractivity contribution in [2.45, 2.75) is 12.1 Å². The molecule has 1 aromatic rings. The summed E-state index contributed by atoms with van der Waals surface area (Å²) in [7, 11) is 1.57. The monoisotopic (exact) mass is 260 g/mol. The first-order chi connectivity index (χ1) is 8.26. The van der Waals surface area contributed by atoms with Gasteiger partial charge >= 0.3 is 0 Å². The third-order valence-corrected chi connectivity index (χ3v) is 2.39. The van der Waals surface area contributed by atoms with Gasteiger partial charge in [0.2, 0.25) is 11.1 Å². The van der Waals surface area contributed by atoms with Crippen LogP contribution in [0.2, 0.25) is 0 Å². The van der Waals surface area contributed by atoms with Crippen LogP contribution in [0.1, 0.15) is 6.92 Å². The lowest BCUT2D eigenvalue weighted by Gasteiger charge is -2.02. The van der Waals surface area contributed by atoms with Crippen molar-refractivity contribution in [3.8, 4) is 0 Å². The first-order valence-corrected chi connectivity index (χ1v) is 6.16. The summed E-state index contributed by atoms with van der Waals surface area (Å²) in [5.41, 5.74) is 0. The molecule has 0 radical (unpaired) electrons. The Morgan fingerprint density at radius 1 is 1.53 bits per heavy atom. The number of H-pyrrole nitrogens is 1. The maximum atomic E-state index is 11.4. The zero-order valence-electron chi connectivity index (χ0n) is 9.86. The number of nitrogens with zero attached hydrogens (tertiary/aromatic N) is 2. The summed E-state index contributed by atoms with van der Waals surface area (Å²) in [6, 6.07) is 0. The van der Waals surface area contributed by atoms with Gasteiger partial charge in [-0.15, -0.1) is 5.10 Å². The SMILES string of the molecule is CCSc1n[nH]c(NC(=O)COCCOC)n1. The second-order valence-corrected chi connectivity index (χ2v) is 4.22. The van der Waals surface area contributed by atoms with E-state index in [0.29, 0.717) is 24.3 Å². The predicted octanol–water partition coefficient (Wildman–Crippen LogP) is 0.518. The Labute approximate surface area is 104 Å². The van der Waals surface area contributed by atoms with E-state index in [9.17, 15) is 4.79 Å². The molecule has 2 N–H and O–H groups in total. The van der Waals surface area contributed by atoms with E-state index in [4.69, 9.17) is 9.47 Å². The molecule has 0 bridgehead atoms.